The first-order valence-electron chi connectivity index (χ1n) is 8.14. The monoisotopic (exact) mass is 332 g/mol. The number of nitrogens with zero attached hydrogens (tertiary/aromatic N) is 4. The SMILES string of the molecule is N#CN1CCC(c2noc(-c3ccccc3Oc3ccccc3)n2)C1. The molecule has 1 fully saturated rings. The first-order valence-corrected chi connectivity index (χ1v) is 8.14. The highest BCUT2D eigenvalue weighted by Gasteiger charge is 2.27. The van der Waals surface area contributed by atoms with E-state index in [-0.39, 0.29) is 5.92 Å². The van der Waals surface area contributed by atoms with Crippen LogP contribution in [0.15, 0.2) is 59.1 Å². The zero-order valence-corrected chi connectivity index (χ0v) is 13.5. The summed E-state index contributed by atoms with van der Waals surface area (Å²) in [6.07, 6.45) is 3.02. The van der Waals surface area contributed by atoms with E-state index in [1.807, 2.05) is 54.6 Å². The molecule has 1 aliphatic rings. The van der Waals surface area contributed by atoms with Gasteiger partial charge in [0.1, 0.15) is 11.5 Å². The molecule has 0 saturated carbocycles. The third-order valence-electron chi connectivity index (χ3n) is 4.23. The molecule has 0 N–H and O–H groups in total. The number of para-hydroxylation sites is 2. The highest BCUT2D eigenvalue weighted by atomic mass is 16.5. The van der Waals surface area contributed by atoms with E-state index in [1.54, 1.807) is 4.90 Å². The first kappa shape index (κ1) is 15.2. The maximum atomic E-state index is 8.99. The average Bonchev–Trinajstić information content (AvgIpc) is 3.32. The molecule has 0 spiro atoms. The van der Waals surface area contributed by atoms with E-state index >= 15 is 0 Å². The van der Waals surface area contributed by atoms with Crippen molar-refractivity contribution in [3.63, 3.8) is 0 Å². The van der Waals surface area contributed by atoms with Crippen molar-refractivity contribution in [2.24, 2.45) is 0 Å². The maximum absolute atomic E-state index is 8.99. The summed E-state index contributed by atoms with van der Waals surface area (Å²) in [7, 11) is 0. The summed E-state index contributed by atoms with van der Waals surface area (Å²) in [5.74, 6) is 2.60. The molecule has 1 atom stereocenters. The smallest absolute Gasteiger partial charge is 0.261 e. The molecule has 3 aromatic rings. The van der Waals surface area contributed by atoms with Gasteiger partial charge in [0.05, 0.1) is 5.56 Å². The number of benzene rings is 2. The van der Waals surface area contributed by atoms with Gasteiger partial charge in [0.15, 0.2) is 12.0 Å². The van der Waals surface area contributed by atoms with Gasteiger partial charge in [0.2, 0.25) is 0 Å². The second kappa shape index (κ2) is 6.65. The van der Waals surface area contributed by atoms with Crippen LogP contribution in [0.5, 0.6) is 11.5 Å². The van der Waals surface area contributed by atoms with Crippen LogP contribution in [0.3, 0.4) is 0 Å². The van der Waals surface area contributed by atoms with Gasteiger partial charge in [0, 0.05) is 19.0 Å². The molecular formula is C19H16N4O2. The van der Waals surface area contributed by atoms with Crippen LogP contribution in [0.4, 0.5) is 0 Å². The summed E-state index contributed by atoms with van der Waals surface area (Å²) < 4.78 is 11.4. The Hall–Kier alpha value is -3.33. The normalized spacial score (nSPS) is 16.6. The van der Waals surface area contributed by atoms with Gasteiger partial charge in [-0.25, -0.2) is 0 Å². The van der Waals surface area contributed by atoms with E-state index in [0.29, 0.717) is 24.0 Å². The minimum atomic E-state index is 0.124. The molecule has 2 heterocycles. The lowest BCUT2D eigenvalue weighted by Crippen LogP contribution is -2.13. The third-order valence-corrected chi connectivity index (χ3v) is 4.23. The number of ether oxygens (including phenoxy) is 1. The minimum Gasteiger partial charge on any atom is -0.457 e. The third kappa shape index (κ3) is 3.17. The van der Waals surface area contributed by atoms with Gasteiger partial charge in [-0.2, -0.15) is 10.2 Å². The molecule has 0 bridgehead atoms. The van der Waals surface area contributed by atoms with Crippen LogP contribution < -0.4 is 4.74 Å². The zero-order chi connectivity index (χ0) is 17.1. The molecule has 6 heteroatoms. The van der Waals surface area contributed by atoms with Crippen molar-refractivity contribution in [2.45, 2.75) is 12.3 Å². The van der Waals surface area contributed by atoms with Crippen LogP contribution in [0.2, 0.25) is 0 Å². The van der Waals surface area contributed by atoms with E-state index in [1.165, 1.54) is 0 Å². The van der Waals surface area contributed by atoms with Gasteiger partial charge in [-0.15, -0.1) is 0 Å². The predicted octanol–water partition coefficient (Wildman–Crippen LogP) is 3.80. The number of aromatic nitrogens is 2. The highest BCUT2D eigenvalue weighted by Crippen LogP contribution is 2.33. The number of hydrogen-bond acceptors (Lipinski definition) is 6. The quantitative estimate of drug-likeness (QED) is 0.677. The molecule has 6 nitrogen and oxygen atoms in total. The fourth-order valence-corrected chi connectivity index (χ4v) is 2.92. The fourth-order valence-electron chi connectivity index (χ4n) is 2.92. The van der Waals surface area contributed by atoms with E-state index in [4.69, 9.17) is 14.5 Å². The van der Waals surface area contributed by atoms with Gasteiger partial charge >= 0.3 is 0 Å². The number of nitriles is 1. The van der Waals surface area contributed by atoms with Crippen LogP contribution >= 0.6 is 0 Å². The number of hydrogen-bond donors (Lipinski definition) is 0. The summed E-state index contributed by atoms with van der Waals surface area (Å²) in [5.41, 5.74) is 0.750. The van der Waals surface area contributed by atoms with Crippen LogP contribution in [0.1, 0.15) is 18.2 Å². The molecule has 1 saturated heterocycles. The molecule has 0 aliphatic carbocycles. The lowest BCUT2D eigenvalue weighted by Gasteiger charge is -2.08. The Balaban J connectivity index is 1.60. The first-order chi connectivity index (χ1) is 12.3. The molecule has 2 aromatic carbocycles. The Labute approximate surface area is 145 Å². The topological polar surface area (TPSA) is 75.2 Å². The molecule has 1 unspecified atom stereocenters. The highest BCUT2D eigenvalue weighted by molar-refractivity contribution is 5.63. The Bertz CT molecular complexity index is 901. The minimum absolute atomic E-state index is 0.124. The van der Waals surface area contributed by atoms with Crippen molar-refractivity contribution in [1.29, 1.82) is 5.26 Å². The Morgan fingerprint density at radius 1 is 1.12 bits per heavy atom. The van der Waals surface area contributed by atoms with E-state index in [9.17, 15) is 0 Å². The Kier molecular flexibility index (Phi) is 4.05. The van der Waals surface area contributed by atoms with Crippen molar-refractivity contribution in [2.75, 3.05) is 13.1 Å². The van der Waals surface area contributed by atoms with Gasteiger partial charge in [-0.1, -0.05) is 35.5 Å². The molecule has 1 aliphatic heterocycles. The summed E-state index contributed by atoms with van der Waals surface area (Å²) >= 11 is 0. The van der Waals surface area contributed by atoms with E-state index in [2.05, 4.69) is 16.3 Å². The van der Waals surface area contributed by atoms with Crippen LogP contribution in [-0.4, -0.2) is 28.1 Å². The van der Waals surface area contributed by atoms with Gasteiger partial charge < -0.3 is 14.2 Å². The lowest BCUT2D eigenvalue weighted by molar-refractivity contribution is 0.410. The molecule has 124 valence electrons. The van der Waals surface area contributed by atoms with Crippen LogP contribution in [0, 0.1) is 11.5 Å². The second-order valence-corrected chi connectivity index (χ2v) is 5.90. The second-order valence-electron chi connectivity index (χ2n) is 5.90. The van der Waals surface area contributed by atoms with E-state index < -0.39 is 0 Å². The van der Waals surface area contributed by atoms with Crippen molar-refractivity contribution < 1.29 is 9.26 Å². The molecule has 0 amide bonds. The number of rotatable bonds is 4. The van der Waals surface area contributed by atoms with Crippen molar-refractivity contribution in [3.05, 3.63) is 60.4 Å². The summed E-state index contributed by atoms with van der Waals surface area (Å²) in [6.45, 7) is 1.37. The molecule has 1 aromatic heterocycles. The molecule has 0 radical (unpaired) electrons. The number of likely N-dealkylation sites (tertiary alicyclic amines) is 1. The summed E-state index contributed by atoms with van der Waals surface area (Å²) in [6, 6.07) is 17.1. The van der Waals surface area contributed by atoms with Gasteiger partial charge in [0.25, 0.3) is 5.89 Å². The van der Waals surface area contributed by atoms with Crippen molar-refractivity contribution in [1.82, 2.24) is 15.0 Å². The molecular weight excluding hydrogens is 316 g/mol. The summed E-state index contributed by atoms with van der Waals surface area (Å²) in [5, 5.41) is 13.1. The van der Waals surface area contributed by atoms with Crippen LogP contribution in [-0.2, 0) is 0 Å². The molecule has 4 rings (SSSR count). The standard InChI is InChI=1S/C19H16N4O2/c20-13-23-11-10-14(12-23)18-21-19(25-22-18)16-8-4-5-9-17(16)24-15-6-2-1-3-7-15/h1-9,14H,10-12H2. The Morgan fingerprint density at radius 2 is 1.92 bits per heavy atom. The van der Waals surface area contributed by atoms with Gasteiger partial charge in [-0.3, -0.25) is 0 Å². The van der Waals surface area contributed by atoms with Crippen molar-refractivity contribution >= 4 is 0 Å². The van der Waals surface area contributed by atoms with Gasteiger partial charge in [-0.05, 0) is 30.7 Å². The molecule has 25 heavy (non-hydrogen) atoms. The zero-order valence-electron chi connectivity index (χ0n) is 13.5. The summed E-state index contributed by atoms with van der Waals surface area (Å²) in [4.78, 5) is 6.26. The predicted molar refractivity (Wildman–Crippen MR) is 90.8 cm³/mol. The Morgan fingerprint density at radius 3 is 2.72 bits per heavy atom. The van der Waals surface area contributed by atoms with E-state index in [0.717, 1.165) is 24.3 Å². The fraction of sp³-hybridized carbons (Fsp3) is 0.211. The van der Waals surface area contributed by atoms with Crippen molar-refractivity contribution in [3.8, 4) is 29.1 Å². The maximum Gasteiger partial charge on any atom is 0.261 e. The largest absolute Gasteiger partial charge is 0.457 e. The lowest BCUT2D eigenvalue weighted by atomic mass is 10.1. The van der Waals surface area contributed by atoms with Crippen LogP contribution in [0.25, 0.3) is 11.5 Å². The average molecular weight is 332 g/mol.